The molecule has 0 aromatic rings. The molecule has 0 rings (SSSR count). The van der Waals surface area contributed by atoms with Gasteiger partial charge in [-0.1, -0.05) is 6.92 Å². The monoisotopic (exact) mass is 161 g/mol. The molecule has 0 radical (unpaired) electrons. The van der Waals surface area contributed by atoms with Crippen molar-refractivity contribution in [2.45, 2.75) is 32.4 Å². The van der Waals surface area contributed by atoms with E-state index in [1.165, 1.54) is 0 Å². The van der Waals surface area contributed by atoms with Crippen LogP contribution in [0.4, 0.5) is 0 Å². The number of methoxy groups -OCH3 is 1. The first-order valence-electron chi connectivity index (χ1n) is 4.10. The average molecular weight is 161 g/mol. The molecule has 0 saturated heterocycles. The molecule has 68 valence electrons. The van der Waals surface area contributed by atoms with Crippen LogP contribution in [0.1, 0.15) is 20.3 Å². The second kappa shape index (κ2) is 6.58. The highest BCUT2D eigenvalue weighted by atomic mass is 16.5. The van der Waals surface area contributed by atoms with Gasteiger partial charge in [0.15, 0.2) is 0 Å². The summed E-state index contributed by atoms with van der Waals surface area (Å²) < 4.78 is 5.00. The molecule has 0 spiro atoms. The first kappa shape index (κ1) is 10.9. The van der Waals surface area contributed by atoms with Crippen molar-refractivity contribution in [2.24, 2.45) is 0 Å². The predicted molar refractivity (Wildman–Crippen MR) is 45.6 cm³/mol. The van der Waals surface area contributed by atoms with Crippen LogP contribution in [0, 0.1) is 0 Å². The normalized spacial score (nSPS) is 16.4. The fraction of sp³-hybridized carbons (Fsp3) is 1.00. The average Bonchev–Trinajstić information content (AvgIpc) is 2.03. The van der Waals surface area contributed by atoms with E-state index in [0.29, 0.717) is 12.6 Å². The summed E-state index contributed by atoms with van der Waals surface area (Å²) in [5, 5.41) is 12.0. The van der Waals surface area contributed by atoms with Gasteiger partial charge in [-0.15, -0.1) is 0 Å². The van der Waals surface area contributed by atoms with E-state index in [0.717, 1.165) is 6.42 Å². The zero-order valence-electron chi connectivity index (χ0n) is 7.63. The highest BCUT2D eigenvalue weighted by Crippen LogP contribution is 1.93. The van der Waals surface area contributed by atoms with Crippen LogP contribution in [0.15, 0.2) is 0 Å². The fourth-order valence-electron chi connectivity index (χ4n) is 0.940. The van der Waals surface area contributed by atoms with E-state index in [4.69, 9.17) is 9.84 Å². The molecule has 0 bridgehead atoms. The van der Waals surface area contributed by atoms with Gasteiger partial charge in [0.2, 0.25) is 0 Å². The molecular formula is C8H19NO2. The van der Waals surface area contributed by atoms with Crippen LogP contribution in [0.3, 0.4) is 0 Å². The second-order valence-electron chi connectivity index (χ2n) is 2.81. The Morgan fingerprint density at radius 2 is 2.18 bits per heavy atom. The Hall–Kier alpha value is -0.120. The molecule has 0 saturated carbocycles. The maximum absolute atomic E-state index is 8.74. The Bertz CT molecular complexity index is 88.2. The molecule has 1 unspecified atom stereocenters. The number of ether oxygens (including phenoxy) is 1. The number of rotatable bonds is 6. The van der Waals surface area contributed by atoms with Crippen LogP contribution >= 0.6 is 0 Å². The van der Waals surface area contributed by atoms with Gasteiger partial charge in [0.1, 0.15) is 0 Å². The van der Waals surface area contributed by atoms with E-state index in [9.17, 15) is 0 Å². The molecule has 3 heteroatoms. The smallest absolute Gasteiger partial charge is 0.0615 e. The largest absolute Gasteiger partial charge is 0.395 e. The summed E-state index contributed by atoms with van der Waals surface area (Å²) in [5.41, 5.74) is 0. The minimum atomic E-state index is 0.162. The van der Waals surface area contributed by atoms with Gasteiger partial charge in [0.05, 0.1) is 13.2 Å². The van der Waals surface area contributed by atoms with E-state index >= 15 is 0 Å². The van der Waals surface area contributed by atoms with E-state index in [1.54, 1.807) is 7.11 Å². The SMILES string of the molecule is CCC(COC)N[C@@H](C)CO. The van der Waals surface area contributed by atoms with Crippen LogP contribution in [0.25, 0.3) is 0 Å². The summed E-state index contributed by atoms with van der Waals surface area (Å²) in [5.74, 6) is 0. The van der Waals surface area contributed by atoms with Crippen molar-refractivity contribution in [1.82, 2.24) is 5.32 Å². The minimum absolute atomic E-state index is 0.162. The number of hydrogen-bond donors (Lipinski definition) is 2. The number of nitrogens with one attached hydrogen (secondary N) is 1. The van der Waals surface area contributed by atoms with E-state index in [-0.39, 0.29) is 12.6 Å². The molecule has 0 aliphatic heterocycles. The van der Waals surface area contributed by atoms with Crippen molar-refractivity contribution >= 4 is 0 Å². The first-order chi connectivity index (χ1) is 5.24. The lowest BCUT2D eigenvalue weighted by molar-refractivity contribution is 0.149. The third-order valence-corrected chi connectivity index (χ3v) is 1.65. The van der Waals surface area contributed by atoms with Gasteiger partial charge >= 0.3 is 0 Å². The quantitative estimate of drug-likeness (QED) is 0.592. The van der Waals surface area contributed by atoms with Gasteiger partial charge in [-0.3, -0.25) is 0 Å². The number of aliphatic hydroxyl groups excluding tert-OH is 1. The van der Waals surface area contributed by atoms with Crippen molar-refractivity contribution in [3.8, 4) is 0 Å². The lowest BCUT2D eigenvalue weighted by Gasteiger charge is -2.19. The molecule has 11 heavy (non-hydrogen) atoms. The summed E-state index contributed by atoms with van der Waals surface area (Å²) in [6.07, 6.45) is 1.03. The van der Waals surface area contributed by atoms with Gasteiger partial charge in [-0.05, 0) is 13.3 Å². The van der Waals surface area contributed by atoms with Crippen molar-refractivity contribution in [3.05, 3.63) is 0 Å². The Balaban J connectivity index is 3.49. The minimum Gasteiger partial charge on any atom is -0.395 e. The Kier molecular flexibility index (Phi) is 6.51. The molecule has 0 aliphatic carbocycles. The number of aliphatic hydroxyl groups is 1. The number of hydrogen-bond acceptors (Lipinski definition) is 3. The van der Waals surface area contributed by atoms with E-state index < -0.39 is 0 Å². The highest BCUT2D eigenvalue weighted by Gasteiger charge is 2.07. The van der Waals surface area contributed by atoms with Crippen LogP contribution in [0.5, 0.6) is 0 Å². The zero-order valence-corrected chi connectivity index (χ0v) is 7.63. The zero-order chi connectivity index (χ0) is 8.69. The van der Waals surface area contributed by atoms with Crippen LogP contribution < -0.4 is 5.32 Å². The predicted octanol–water partition coefficient (Wildman–Crippen LogP) is 0.382. The van der Waals surface area contributed by atoms with Crippen molar-refractivity contribution in [1.29, 1.82) is 0 Å². The molecule has 3 nitrogen and oxygen atoms in total. The molecule has 0 aromatic carbocycles. The molecular weight excluding hydrogens is 142 g/mol. The van der Waals surface area contributed by atoms with Gasteiger partial charge < -0.3 is 15.2 Å². The van der Waals surface area contributed by atoms with Gasteiger partial charge in [-0.2, -0.15) is 0 Å². The van der Waals surface area contributed by atoms with E-state index in [2.05, 4.69) is 12.2 Å². The molecule has 0 amide bonds. The Labute approximate surface area is 68.8 Å². The summed E-state index contributed by atoms with van der Waals surface area (Å²) in [6, 6.07) is 0.525. The maximum atomic E-state index is 8.74. The van der Waals surface area contributed by atoms with Crippen LogP contribution in [-0.4, -0.2) is 37.5 Å². The topological polar surface area (TPSA) is 41.5 Å². The maximum Gasteiger partial charge on any atom is 0.0615 e. The van der Waals surface area contributed by atoms with Crippen molar-refractivity contribution in [3.63, 3.8) is 0 Å². The van der Waals surface area contributed by atoms with Crippen molar-refractivity contribution in [2.75, 3.05) is 20.3 Å². The standard InChI is InChI=1S/C8H19NO2/c1-4-8(6-11-3)9-7(2)5-10/h7-10H,4-6H2,1-3H3/t7-,8?/m0/s1. The van der Waals surface area contributed by atoms with Gasteiger partial charge in [-0.25, -0.2) is 0 Å². The van der Waals surface area contributed by atoms with E-state index in [1.807, 2.05) is 6.92 Å². The molecule has 2 atom stereocenters. The third-order valence-electron chi connectivity index (χ3n) is 1.65. The van der Waals surface area contributed by atoms with Crippen LogP contribution in [-0.2, 0) is 4.74 Å². The lowest BCUT2D eigenvalue weighted by Crippen LogP contribution is -2.40. The summed E-state index contributed by atoms with van der Waals surface area (Å²) in [7, 11) is 1.69. The molecule has 0 heterocycles. The summed E-state index contributed by atoms with van der Waals surface area (Å²) in [6.45, 7) is 4.94. The summed E-state index contributed by atoms with van der Waals surface area (Å²) >= 11 is 0. The summed E-state index contributed by atoms with van der Waals surface area (Å²) in [4.78, 5) is 0. The molecule has 0 fully saturated rings. The third kappa shape index (κ3) is 5.18. The van der Waals surface area contributed by atoms with Crippen LogP contribution in [0.2, 0.25) is 0 Å². The second-order valence-corrected chi connectivity index (χ2v) is 2.81. The van der Waals surface area contributed by atoms with Gasteiger partial charge in [0.25, 0.3) is 0 Å². The molecule has 0 aromatic heterocycles. The Morgan fingerprint density at radius 1 is 1.55 bits per heavy atom. The van der Waals surface area contributed by atoms with Crippen molar-refractivity contribution < 1.29 is 9.84 Å². The first-order valence-corrected chi connectivity index (χ1v) is 4.10. The Morgan fingerprint density at radius 3 is 2.55 bits per heavy atom. The molecule has 0 aliphatic rings. The van der Waals surface area contributed by atoms with Gasteiger partial charge in [0, 0.05) is 19.2 Å². The highest BCUT2D eigenvalue weighted by molar-refractivity contribution is 4.68. The molecule has 2 N–H and O–H groups in total. The lowest BCUT2D eigenvalue weighted by atomic mass is 10.2. The fourth-order valence-corrected chi connectivity index (χ4v) is 0.940.